The van der Waals surface area contributed by atoms with Crippen molar-refractivity contribution < 1.29 is 34.7 Å². The van der Waals surface area contributed by atoms with E-state index in [2.05, 4.69) is 5.32 Å². The Labute approximate surface area is 174 Å². The lowest BCUT2D eigenvalue weighted by atomic mass is 9.53. The molecule has 0 unspecified atom stereocenters. The van der Waals surface area contributed by atoms with E-state index in [0.29, 0.717) is 17.7 Å². The van der Waals surface area contributed by atoms with E-state index in [9.17, 15) is 25.2 Å². The Kier molecular flexibility index (Phi) is 5.02. The second-order valence-corrected chi connectivity index (χ2v) is 9.20. The summed E-state index contributed by atoms with van der Waals surface area (Å²) in [5.74, 6) is -0.342. The fourth-order valence-corrected chi connectivity index (χ4v) is 6.26. The molecular weight excluding hydrogens is 390 g/mol. The summed E-state index contributed by atoms with van der Waals surface area (Å²) >= 11 is 0. The van der Waals surface area contributed by atoms with Gasteiger partial charge in [0.15, 0.2) is 6.10 Å². The van der Waals surface area contributed by atoms with E-state index in [1.165, 1.54) is 30.4 Å². The summed E-state index contributed by atoms with van der Waals surface area (Å²) in [6, 6.07) is 6.37. The third kappa shape index (κ3) is 3.05. The monoisotopic (exact) mass is 419 g/mol. The fourth-order valence-electron chi connectivity index (χ4n) is 6.26. The summed E-state index contributed by atoms with van der Waals surface area (Å²) < 4.78 is 11.1. The first kappa shape index (κ1) is 20.2. The van der Waals surface area contributed by atoms with Gasteiger partial charge < -0.3 is 35.2 Å². The SMILES string of the molecule is O=C(O)[C@@H]1O[C@@H](Oc2ccc3c(c2)[C@@]24CCCC[C@@H]2[C@@H](C3)NCC4)[C@@H](O)[C@@H](O)[C@@H]1O. The molecule has 2 heterocycles. The van der Waals surface area contributed by atoms with E-state index >= 15 is 0 Å². The van der Waals surface area contributed by atoms with E-state index in [1.54, 1.807) is 6.07 Å². The van der Waals surface area contributed by atoms with Crippen molar-refractivity contribution in [2.24, 2.45) is 5.92 Å². The van der Waals surface area contributed by atoms with Gasteiger partial charge in [-0.25, -0.2) is 4.79 Å². The molecule has 164 valence electrons. The van der Waals surface area contributed by atoms with Crippen molar-refractivity contribution in [2.45, 2.75) is 80.7 Å². The standard InChI is InChI=1S/C22H29NO7/c24-16-17(25)19(20(27)28)30-21(18(16)26)29-12-5-4-11-9-15-13-3-1-2-6-22(13,7-8-23-15)14(11)10-12/h4-5,10,13,15-19,21,23-26H,1-3,6-9H2,(H,27,28)/t13-,15-,16+,17+,18+,19-,21-,22-/m1/s1. The predicted octanol–water partition coefficient (Wildman–Crippen LogP) is 0.304. The van der Waals surface area contributed by atoms with Crippen LogP contribution in [0.1, 0.15) is 43.2 Å². The number of benzene rings is 1. The minimum atomic E-state index is -1.73. The zero-order chi connectivity index (χ0) is 21.0. The molecule has 5 rings (SSSR count). The van der Waals surface area contributed by atoms with Crippen LogP contribution in [0.2, 0.25) is 0 Å². The first-order valence-electron chi connectivity index (χ1n) is 10.9. The first-order chi connectivity index (χ1) is 14.4. The quantitative estimate of drug-likeness (QED) is 0.473. The lowest BCUT2D eigenvalue weighted by Crippen LogP contribution is -2.61. The van der Waals surface area contributed by atoms with Crippen molar-refractivity contribution in [3.05, 3.63) is 29.3 Å². The molecule has 2 saturated heterocycles. The Morgan fingerprint density at radius 1 is 1.13 bits per heavy atom. The molecule has 0 amide bonds. The lowest BCUT2D eigenvalue weighted by molar-refractivity contribution is -0.271. The van der Waals surface area contributed by atoms with Gasteiger partial charge in [-0.1, -0.05) is 18.9 Å². The van der Waals surface area contributed by atoms with Crippen LogP contribution in [0.25, 0.3) is 0 Å². The third-order valence-electron chi connectivity index (χ3n) is 7.68. The summed E-state index contributed by atoms with van der Waals surface area (Å²) in [5, 5.41) is 43.1. The zero-order valence-electron chi connectivity index (χ0n) is 16.7. The van der Waals surface area contributed by atoms with Gasteiger partial charge in [0.25, 0.3) is 0 Å². The molecule has 2 aliphatic carbocycles. The number of nitrogens with one attached hydrogen (secondary N) is 1. The molecule has 8 heteroatoms. The summed E-state index contributed by atoms with van der Waals surface area (Å²) in [5.41, 5.74) is 2.73. The predicted molar refractivity (Wildman–Crippen MR) is 105 cm³/mol. The Hall–Kier alpha value is -1.71. The van der Waals surface area contributed by atoms with E-state index < -0.39 is 36.7 Å². The average molecular weight is 419 g/mol. The Morgan fingerprint density at radius 3 is 2.77 bits per heavy atom. The van der Waals surface area contributed by atoms with Crippen LogP contribution in [0.5, 0.6) is 5.75 Å². The van der Waals surface area contributed by atoms with Crippen molar-refractivity contribution in [1.29, 1.82) is 0 Å². The van der Waals surface area contributed by atoms with Gasteiger partial charge in [-0.15, -0.1) is 0 Å². The van der Waals surface area contributed by atoms with Crippen LogP contribution >= 0.6 is 0 Å². The number of rotatable bonds is 3. The van der Waals surface area contributed by atoms with Gasteiger partial charge in [-0.3, -0.25) is 0 Å². The lowest BCUT2D eigenvalue weighted by Gasteiger charge is -2.56. The van der Waals surface area contributed by atoms with Gasteiger partial charge in [0.2, 0.25) is 6.29 Å². The Morgan fingerprint density at radius 2 is 1.97 bits per heavy atom. The number of hydrogen-bond acceptors (Lipinski definition) is 7. The molecule has 0 spiro atoms. The molecule has 1 aromatic carbocycles. The number of aliphatic hydroxyl groups is 3. The summed E-state index contributed by atoms with van der Waals surface area (Å²) in [6.07, 6.45) is -1.10. The molecule has 5 N–H and O–H groups in total. The van der Waals surface area contributed by atoms with Crippen molar-refractivity contribution >= 4 is 5.97 Å². The van der Waals surface area contributed by atoms with Crippen LogP contribution in [0.4, 0.5) is 0 Å². The highest BCUT2D eigenvalue weighted by atomic mass is 16.7. The molecule has 1 saturated carbocycles. The topological polar surface area (TPSA) is 128 Å². The number of hydrogen-bond donors (Lipinski definition) is 5. The van der Waals surface area contributed by atoms with Gasteiger partial charge in [0, 0.05) is 11.5 Å². The normalized spacial score (nSPS) is 42.7. The maximum absolute atomic E-state index is 11.3. The van der Waals surface area contributed by atoms with E-state index in [1.807, 2.05) is 12.1 Å². The average Bonchev–Trinajstić information content (AvgIpc) is 2.74. The largest absolute Gasteiger partial charge is 0.479 e. The van der Waals surface area contributed by atoms with Gasteiger partial charge >= 0.3 is 5.97 Å². The van der Waals surface area contributed by atoms with Crippen LogP contribution in [-0.4, -0.2) is 69.7 Å². The maximum atomic E-state index is 11.3. The highest BCUT2D eigenvalue weighted by molar-refractivity contribution is 5.73. The van der Waals surface area contributed by atoms with Crippen LogP contribution < -0.4 is 10.1 Å². The number of carboxylic acid groups (broad SMARTS) is 1. The number of ether oxygens (including phenoxy) is 2. The zero-order valence-corrected chi connectivity index (χ0v) is 16.7. The van der Waals surface area contributed by atoms with Crippen LogP contribution in [0.3, 0.4) is 0 Å². The molecule has 0 radical (unpaired) electrons. The molecule has 30 heavy (non-hydrogen) atoms. The smallest absolute Gasteiger partial charge is 0.335 e. The van der Waals surface area contributed by atoms with Crippen LogP contribution in [-0.2, 0) is 21.4 Å². The molecule has 2 aliphatic heterocycles. The van der Waals surface area contributed by atoms with E-state index in [-0.39, 0.29) is 5.41 Å². The van der Waals surface area contributed by atoms with Crippen LogP contribution in [0.15, 0.2) is 18.2 Å². The van der Waals surface area contributed by atoms with Gasteiger partial charge in [0.1, 0.15) is 24.1 Å². The molecule has 3 fully saturated rings. The number of fused-ring (bicyclic) bond motifs is 1. The maximum Gasteiger partial charge on any atom is 0.335 e. The second-order valence-electron chi connectivity index (χ2n) is 9.20. The van der Waals surface area contributed by atoms with E-state index in [4.69, 9.17) is 9.47 Å². The van der Waals surface area contributed by atoms with Crippen molar-refractivity contribution in [1.82, 2.24) is 5.32 Å². The number of aliphatic hydroxyl groups excluding tert-OH is 3. The van der Waals surface area contributed by atoms with Gasteiger partial charge in [-0.2, -0.15) is 0 Å². The van der Waals surface area contributed by atoms with Crippen LogP contribution in [0, 0.1) is 5.92 Å². The highest BCUT2D eigenvalue weighted by Gasteiger charge is 2.52. The minimum Gasteiger partial charge on any atom is -0.479 e. The van der Waals surface area contributed by atoms with Gasteiger partial charge in [-0.05, 0) is 61.4 Å². The first-order valence-corrected chi connectivity index (χ1v) is 10.9. The molecule has 1 aromatic rings. The molecular formula is C22H29NO7. The second kappa shape index (κ2) is 7.46. The van der Waals surface area contributed by atoms with E-state index in [0.717, 1.165) is 25.8 Å². The number of aliphatic carboxylic acids is 1. The Balaban J connectivity index is 1.44. The van der Waals surface area contributed by atoms with Crippen molar-refractivity contribution in [3.63, 3.8) is 0 Å². The number of piperidine rings is 1. The molecule has 8 nitrogen and oxygen atoms in total. The summed E-state index contributed by atoms with van der Waals surface area (Å²) in [6.45, 7) is 1.00. The number of carbonyl (C=O) groups is 1. The molecule has 2 bridgehead atoms. The Bertz CT molecular complexity index is 828. The highest BCUT2D eigenvalue weighted by Crippen LogP contribution is 2.54. The minimum absolute atomic E-state index is 0.131. The third-order valence-corrected chi connectivity index (χ3v) is 7.68. The molecule has 8 atom stereocenters. The molecule has 4 aliphatic rings. The number of carboxylic acids is 1. The fraction of sp³-hybridized carbons (Fsp3) is 0.682. The molecule has 0 aromatic heterocycles. The summed E-state index contributed by atoms with van der Waals surface area (Å²) in [4.78, 5) is 11.3. The van der Waals surface area contributed by atoms with Crippen molar-refractivity contribution in [3.8, 4) is 5.75 Å². The van der Waals surface area contributed by atoms with Gasteiger partial charge in [0.05, 0.1) is 0 Å². The summed E-state index contributed by atoms with van der Waals surface area (Å²) in [7, 11) is 0. The van der Waals surface area contributed by atoms with Crippen molar-refractivity contribution in [2.75, 3.05) is 6.54 Å².